The monoisotopic (exact) mass is 280 g/mol. The van der Waals surface area contributed by atoms with Gasteiger partial charge in [-0.1, -0.05) is 6.08 Å². The average molecular weight is 281 g/mol. The van der Waals surface area contributed by atoms with Crippen LogP contribution < -0.4 is 0 Å². The van der Waals surface area contributed by atoms with Crippen LogP contribution >= 0.6 is 23.2 Å². The van der Waals surface area contributed by atoms with Gasteiger partial charge in [0.2, 0.25) is 0 Å². The third-order valence-corrected chi connectivity index (χ3v) is 2.39. The predicted octanol–water partition coefficient (Wildman–Crippen LogP) is 3.14. The predicted molar refractivity (Wildman–Crippen MR) is 48.7 cm³/mol. The molecule has 0 aliphatic heterocycles. The quantitative estimate of drug-likeness (QED) is 0.344. The third-order valence-electron chi connectivity index (χ3n) is 1.95. The molecule has 1 aliphatic carbocycles. The van der Waals surface area contributed by atoms with Crippen LogP contribution in [0.1, 0.15) is 6.42 Å². The number of carbonyl (C=O) groups is 1. The molecule has 0 unspecified atom stereocenters. The van der Waals surface area contributed by atoms with Gasteiger partial charge in [-0.05, 0) is 29.3 Å². The Morgan fingerprint density at radius 2 is 1.81 bits per heavy atom. The smallest absolute Gasteiger partial charge is 0.417 e. The summed E-state index contributed by atoms with van der Waals surface area (Å²) < 4.78 is 53.7. The van der Waals surface area contributed by atoms with Crippen molar-refractivity contribution in [2.24, 2.45) is 5.92 Å². The number of alkyl halides is 6. The SMILES string of the molecule is O=C(O[C@@H]1C=C[C@@H](C(F)(F)Cl)C1)C(F)(F)Cl. The minimum Gasteiger partial charge on any atom is -0.453 e. The highest BCUT2D eigenvalue weighted by Crippen LogP contribution is 2.38. The maximum absolute atomic E-state index is 12.6. The Kier molecular flexibility index (Phi) is 3.74. The highest BCUT2D eigenvalue weighted by atomic mass is 35.5. The molecule has 2 atom stereocenters. The number of carbonyl (C=O) groups excluding carboxylic acids is 1. The Morgan fingerprint density at radius 1 is 1.25 bits per heavy atom. The van der Waals surface area contributed by atoms with Gasteiger partial charge in [0, 0.05) is 6.42 Å². The molecule has 1 rings (SSSR count). The molecular weight excluding hydrogens is 275 g/mol. The fourth-order valence-corrected chi connectivity index (χ4v) is 1.41. The molecule has 0 radical (unpaired) electrons. The molecule has 92 valence electrons. The lowest BCUT2D eigenvalue weighted by molar-refractivity contribution is -0.165. The number of halogens is 6. The average Bonchev–Trinajstić information content (AvgIpc) is 2.49. The molecule has 0 aromatic heterocycles. The first-order chi connectivity index (χ1) is 7.10. The van der Waals surface area contributed by atoms with E-state index < -0.39 is 28.8 Å². The molecule has 0 saturated carbocycles. The Bertz CT molecular complexity index is 308. The van der Waals surface area contributed by atoms with E-state index >= 15 is 0 Å². The lowest BCUT2D eigenvalue weighted by atomic mass is 10.1. The summed E-state index contributed by atoms with van der Waals surface area (Å²) in [5.41, 5.74) is 0. The van der Waals surface area contributed by atoms with Crippen molar-refractivity contribution < 1.29 is 27.1 Å². The van der Waals surface area contributed by atoms with Crippen LogP contribution in [-0.4, -0.2) is 22.8 Å². The van der Waals surface area contributed by atoms with Crippen LogP contribution in [0, 0.1) is 5.92 Å². The summed E-state index contributed by atoms with van der Waals surface area (Å²) in [7, 11) is 0. The molecule has 0 aromatic carbocycles. The maximum atomic E-state index is 12.6. The molecule has 0 heterocycles. The minimum absolute atomic E-state index is 0.352. The Morgan fingerprint density at radius 3 is 2.19 bits per heavy atom. The van der Waals surface area contributed by atoms with Gasteiger partial charge in [-0.3, -0.25) is 0 Å². The molecule has 0 aromatic rings. The van der Waals surface area contributed by atoms with Crippen molar-refractivity contribution in [1.29, 1.82) is 0 Å². The van der Waals surface area contributed by atoms with Crippen molar-refractivity contribution >= 4 is 29.2 Å². The van der Waals surface area contributed by atoms with Crippen LogP contribution in [0.2, 0.25) is 0 Å². The highest BCUT2D eigenvalue weighted by molar-refractivity contribution is 6.31. The van der Waals surface area contributed by atoms with E-state index in [1.807, 2.05) is 0 Å². The van der Waals surface area contributed by atoms with Gasteiger partial charge in [-0.25, -0.2) is 4.79 Å². The van der Waals surface area contributed by atoms with Crippen molar-refractivity contribution in [3.63, 3.8) is 0 Å². The summed E-state index contributed by atoms with van der Waals surface area (Å²) in [6.07, 6.45) is 0.570. The van der Waals surface area contributed by atoms with Gasteiger partial charge in [0.25, 0.3) is 0 Å². The fourth-order valence-electron chi connectivity index (χ4n) is 1.20. The van der Waals surface area contributed by atoms with Crippen LogP contribution in [-0.2, 0) is 9.53 Å². The number of hydrogen-bond acceptors (Lipinski definition) is 2. The zero-order valence-electron chi connectivity index (χ0n) is 7.60. The van der Waals surface area contributed by atoms with E-state index in [0.717, 1.165) is 12.2 Å². The van der Waals surface area contributed by atoms with Gasteiger partial charge in [-0.15, -0.1) is 0 Å². The first kappa shape index (κ1) is 13.6. The molecule has 0 bridgehead atoms. The molecule has 2 nitrogen and oxygen atoms in total. The van der Waals surface area contributed by atoms with E-state index in [0.29, 0.717) is 0 Å². The summed E-state index contributed by atoms with van der Waals surface area (Å²) in [6, 6.07) is 0. The highest BCUT2D eigenvalue weighted by Gasteiger charge is 2.43. The van der Waals surface area contributed by atoms with Crippen molar-refractivity contribution in [1.82, 2.24) is 0 Å². The molecule has 8 heteroatoms. The van der Waals surface area contributed by atoms with Gasteiger partial charge in [-0.2, -0.15) is 17.6 Å². The number of hydrogen-bond donors (Lipinski definition) is 0. The second kappa shape index (κ2) is 4.41. The molecule has 0 spiro atoms. The number of ether oxygens (including phenoxy) is 1. The Labute approximate surface area is 98.1 Å². The Balaban J connectivity index is 2.51. The number of allylic oxidation sites excluding steroid dienone is 1. The van der Waals surface area contributed by atoms with Crippen LogP contribution in [0.25, 0.3) is 0 Å². The lowest BCUT2D eigenvalue weighted by Gasteiger charge is -2.17. The van der Waals surface area contributed by atoms with Crippen LogP contribution in [0.4, 0.5) is 17.6 Å². The standard InChI is InChI=1S/C8H6Cl2F4O2/c9-7(11,12)4-1-2-5(3-4)16-6(15)8(10,13)14/h1-2,4-5H,3H2/t4-,5-/m1/s1. The molecule has 1 aliphatic rings. The first-order valence-electron chi connectivity index (χ1n) is 4.13. The first-order valence-corrected chi connectivity index (χ1v) is 4.89. The van der Waals surface area contributed by atoms with E-state index in [4.69, 9.17) is 11.6 Å². The van der Waals surface area contributed by atoms with Crippen LogP contribution in [0.3, 0.4) is 0 Å². The van der Waals surface area contributed by atoms with Gasteiger partial charge in [0.1, 0.15) is 6.10 Å². The van der Waals surface area contributed by atoms with E-state index in [2.05, 4.69) is 16.3 Å². The topological polar surface area (TPSA) is 26.3 Å². The van der Waals surface area contributed by atoms with Gasteiger partial charge >= 0.3 is 16.7 Å². The lowest BCUT2D eigenvalue weighted by Crippen LogP contribution is -2.29. The molecule has 0 amide bonds. The molecule has 0 saturated heterocycles. The van der Waals surface area contributed by atoms with Gasteiger partial charge in [0.15, 0.2) is 0 Å². The second-order valence-electron chi connectivity index (χ2n) is 3.21. The third kappa shape index (κ3) is 3.52. The number of esters is 1. The zero-order chi connectivity index (χ0) is 12.6. The molecule has 16 heavy (non-hydrogen) atoms. The zero-order valence-corrected chi connectivity index (χ0v) is 9.11. The fraction of sp³-hybridized carbons (Fsp3) is 0.625. The molecular formula is C8H6Cl2F4O2. The maximum Gasteiger partial charge on any atom is 0.417 e. The summed E-state index contributed by atoms with van der Waals surface area (Å²) in [5.74, 6) is -3.32. The van der Waals surface area contributed by atoms with Gasteiger partial charge in [0.05, 0.1) is 5.92 Å². The summed E-state index contributed by atoms with van der Waals surface area (Å²) in [5, 5.41) is -7.66. The van der Waals surface area contributed by atoms with Crippen molar-refractivity contribution in [3.05, 3.63) is 12.2 Å². The second-order valence-corrected chi connectivity index (χ2v) is 4.19. The van der Waals surface area contributed by atoms with Crippen molar-refractivity contribution in [2.45, 2.75) is 23.3 Å². The van der Waals surface area contributed by atoms with E-state index in [-0.39, 0.29) is 6.42 Å². The molecule has 0 N–H and O–H groups in total. The Hall–Kier alpha value is -0.490. The largest absolute Gasteiger partial charge is 0.453 e. The van der Waals surface area contributed by atoms with Crippen molar-refractivity contribution in [3.8, 4) is 0 Å². The summed E-state index contributed by atoms with van der Waals surface area (Å²) in [6.45, 7) is 0. The van der Waals surface area contributed by atoms with E-state index in [9.17, 15) is 22.4 Å². The van der Waals surface area contributed by atoms with E-state index in [1.54, 1.807) is 0 Å². The van der Waals surface area contributed by atoms with E-state index in [1.165, 1.54) is 0 Å². The normalized spacial score (nSPS) is 25.9. The number of rotatable bonds is 3. The minimum atomic E-state index is -4.16. The molecule has 0 fully saturated rings. The summed E-state index contributed by atoms with van der Waals surface area (Å²) in [4.78, 5) is 10.6. The summed E-state index contributed by atoms with van der Waals surface area (Å²) >= 11 is 9.11. The van der Waals surface area contributed by atoms with Crippen LogP contribution in [0.15, 0.2) is 12.2 Å². The van der Waals surface area contributed by atoms with Gasteiger partial charge < -0.3 is 4.74 Å². The van der Waals surface area contributed by atoms with Crippen LogP contribution in [0.5, 0.6) is 0 Å². The van der Waals surface area contributed by atoms with Crippen molar-refractivity contribution in [2.75, 3.05) is 0 Å².